The van der Waals surface area contributed by atoms with Gasteiger partial charge < -0.3 is 14.4 Å². The van der Waals surface area contributed by atoms with Gasteiger partial charge in [0.2, 0.25) is 5.88 Å². The number of pyridine rings is 2. The molecule has 10 nitrogen and oxygen atoms in total. The Balaban J connectivity index is 1.54. The predicted octanol–water partition coefficient (Wildman–Crippen LogP) is 3.01. The van der Waals surface area contributed by atoms with Crippen LogP contribution in [-0.2, 0) is 14.8 Å². The van der Waals surface area contributed by atoms with E-state index in [-0.39, 0.29) is 11.6 Å². The summed E-state index contributed by atoms with van der Waals surface area (Å²) in [5.41, 5.74) is 2.12. The van der Waals surface area contributed by atoms with Crippen molar-refractivity contribution in [2.75, 3.05) is 43.0 Å². The first-order valence-corrected chi connectivity index (χ1v) is 12.3. The van der Waals surface area contributed by atoms with Gasteiger partial charge in [-0.25, -0.2) is 37.1 Å². The summed E-state index contributed by atoms with van der Waals surface area (Å²) in [5, 5.41) is 0. The molecule has 186 valence electrons. The van der Waals surface area contributed by atoms with Crippen LogP contribution in [0.15, 0.2) is 53.8 Å². The molecule has 0 radical (unpaired) electrons. The molecule has 4 aromatic rings. The maximum absolute atomic E-state index is 14.2. The molecule has 5 rings (SSSR count). The molecular formula is C23H20F2N6O4S. The van der Waals surface area contributed by atoms with E-state index in [1.54, 1.807) is 12.1 Å². The highest BCUT2D eigenvalue weighted by atomic mass is 32.2. The van der Waals surface area contributed by atoms with E-state index in [2.05, 4.69) is 24.6 Å². The van der Waals surface area contributed by atoms with E-state index in [9.17, 15) is 17.2 Å². The van der Waals surface area contributed by atoms with Gasteiger partial charge in [0.25, 0.3) is 10.0 Å². The summed E-state index contributed by atoms with van der Waals surface area (Å²) in [6.07, 6.45) is 2.95. The summed E-state index contributed by atoms with van der Waals surface area (Å²) in [6, 6.07) is 7.17. The molecular weight excluding hydrogens is 494 g/mol. The molecule has 13 heteroatoms. The molecule has 0 spiro atoms. The maximum atomic E-state index is 14.2. The highest BCUT2D eigenvalue weighted by Crippen LogP contribution is 2.31. The second-order valence-corrected chi connectivity index (χ2v) is 9.47. The molecule has 3 aromatic heterocycles. The second kappa shape index (κ2) is 9.59. The van der Waals surface area contributed by atoms with E-state index in [0.717, 1.165) is 12.1 Å². The number of morpholine rings is 1. The van der Waals surface area contributed by atoms with Crippen molar-refractivity contribution in [3.63, 3.8) is 0 Å². The predicted molar refractivity (Wildman–Crippen MR) is 127 cm³/mol. The van der Waals surface area contributed by atoms with Gasteiger partial charge >= 0.3 is 0 Å². The average molecular weight is 515 g/mol. The van der Waals surface area contributed by atoms with Crippen molar-refractivity contribution in [3.05, 3.63) is 60.6 Å². The van der Waals surface area contributed by atoms with Crippen molar-refractivity contribution in [3.8, 4) is 17.1 Å². The van der Waals surface area contributed by atoms with Crippen LogP contribution in [0.1, 0.15) is 0 Å². The zero-order valence-corrected chi connectivity index (χ0v) is 19.8. The standard InChI is InChI=1S/C23H20F2N6O4S/c1-34-23-19(30-36(32,33)20-5-2-15(24)11-16(20)25)10-14(12-26-23)17-3-4-18-21(29-17)22(28-13-27-18)31-6-8-35-9-7-31/h2-5,10-13,30H,6-9H2,1H3. The Kier molecular flexibility index (Phi) is 6.33. The SMILES string of the molecule is COc1ncc(-c2ccc3ncnc(N4CCOCC4)c3n2)cc1NS(=O)(=O)c1ccc(F)cc1F. The Morgan fingerprint density at radius 3 is 2.61 bits per heavy atom. The van der Waals surface area contributed by atoms with Crippen LogP contribution < -0.4 is 14.4 Å². The number of fused-ring (bicyclic) bond motifs is 1. The number of methoxy groups -OCH3 is 1. The molecule has 1 aliphatic heterocycles. The van der Waals surface area contributed by atoms with Crippen molar-refractivity contribution < 1.29 is 26.7 Å². The largest absolute Gasteiger partial charge is 0.480 e. The number of hydrogen-bond acceptors (Lipinski definition) is 9. The van der Waals surface area contributed by atoms with E-state index < -0.39 is 26.6 Å². The van der Waals surface area contributed by atoms with Gasteiger partial charge in [-0.2, -0.15) is 0 Å². The van der Waals surface area contributed by atoms with Crippen molar-refractivity contribution in [1.82, 2.24) is 19.9 Å². The molecule has 0 saturated carbocycles. The summed E-state index contributed by atoms with van der Waals surface area (Å²) >= 11 is 0. The third-order valence-corrected chi connectivity index (χ3v) is 6.94. The number of ether oxygens (including phenoxy) is 2. The molecule has 1 fully saturated rings. The Morgan fingerprint density at radius 2 is 1.86 bits per heavy atom. The van der Waals surface area contributed by atoms with Crippen LogP contribution in [0.5, 0.6) is 5.88 Å². The Hall–Kier alpha value is -3.97. The molecule has 1 N–H and O–H groups in total. The number of aromatic nitrogens is 4. The van der Waals surface area contributed by atoms with Crippen LogP contribution in [0.4, 0.5) is 20.3 Å². The molecule has 0 bridgehead atoms. The van der Waals surface area contributed by atoms with Crippen LogP contribution in [0.3, 0.4) is 0 Å². The van der Waals surface area contributed by atoms with E-state index in [4.69, 9.17) is 14.5 Å². The molecule has 1 aromatic carbocycles. The highest BCUT2D eigenvalue weighted by molar-refractivity contribution is 7.92. The summed E-state index contributed by atoms with van der Waals surface area (Å²) in [7, 11) is -3.10. The smallest absolute Gasteiger partial charge is 0.264 e. The molecule has 0 amide bonds. The van der Waals surface area contributed by atoms with Crippen LogP contribution in [-0.4, -0.2) is 61.8 Å². The number of hydrogen-bond donors (Lipinski definition) is 1. The van der Waals surface area contributed by atoms with Gasteiger partial charge in [-0.3, -0.25) is 4.72 Å². The number of nitrogens with one attached hydrogen (secondary N) is 1. The topological polar surface area (TPSA) is 119 Å². The zero-order valence-electron chi connectivity index (χ0n) is 19.0. The summed E-state index contributed by atoms with van der Waals surface area (Å²) in [6.45, 7) is 2.47. The van der Waals surface area contributed by atoms with Gasteiger partial charge in [-0.15, -0.1) is 0 Å². The van der Waals surface area contributed by atoms with Crippen LogP contribution in [0, 0.1) is 11.6 Å². The van der Waals surface area contributed by atoms with Crippen molar-refractivity contribution in [2.24, 2.45) is 0 Å². The van der Waals surface area contributed by atoms with Crippen molar-refractivity contribution >= 4 is 32.6 Å². The van der Waals surface area contributed by atoms with Gasteiger partial charge in [0.05, 0.1) is 31.5 Å². The lowest BCUT2D eigenvalue weighted by molar-refractivity contribution is 0.122. The number of sulfonamides is 1. The van der Waals surface area contributed by atoms with E-state index in [1.165, 1.54) is 25.7 Å². The van der Waals surface area contributed by atoms with Crippen molar-refractivity contribution in [1.29, 1.82) is 0 Å². The van der Waals surface area contributed by atoms with E-state index in [1.807, 2.05) is 0 Å². The van der Waals surface area contributed by atoms with Crippen LogP contribution >= 0.6 is 0 Å². The zero-order chi connectivity index (χ0) is 25.3. The number of halogens is 2. The van der Waals surface area contributed by atoms with E-state index in [0.29, 0.717) is 60.5 Å². The fourth-order valence-electron chi connectivity index (χ4n) is 3.82. The minimum atomic E-state index is -4.42. The number of anilines is 2. The number of nitrogens with zero attached hydrogens (tertiary/aromatic N) is 5. The minimum Gasteiger partial charge on any atom is -0.480 e. The minimum absolute atomic E-state index is 0.0389. The molecule has 1 aliphatic rings. The fraction of sp³-hybridized carbons (Fsp3) is 0.217. The number of benzene rings is 1. The Morgan fingerprint density at radius 1 is 1.06 bits per heavy atom. The fourth-order valence-corrected chi connectivity index (χ4v) is 4.92. The van der Waals surface area contributed by atoms with Gasteiger partial charge in [0, 0.05) is 30.9 Å². The lowest BCUT2D eigenvalue weighted by atomic mass is 10.1. The van der Waals surface area contributed by atoms with Gasteiger partial charge in [-0.1, -0.05) is 0 Å². The number of rotatable bonds is 6. The molecule has 36 heavy (non-hydrogen) atoms. The van der Waals surface area contributed by atoms with Crippen LogP contribution in [0.2, 0.25) is 0 Å². The van der Waals surface area contributed by atoms with E-state index >= 15 is 0 Å². The molecule has 0 aliphatic carbocycles. The molecule has 0 unspecified atom stereocenters. The first-order chi connectivity index (χ1) is 17.4. The third kappa shape index (κ3) is 4.62. The van der Waals surface area contributed by atoms with Crippen LogP contribution in [0.25, 0.3) is 22.3 Å². The highest BCUT2D eigenvalue weighted by Gasteiger charge is 2.23. The average Bonchev–Trinajstić information content (AvgIpc) is 2.88. The maximum Gasteiger partial charge on any atom is 0.264 e. The van der Waals surface area contributed by atoms with Gasteiger partial charge in [0.1, 0.15) is 34.1 Å². The van der Waals surface area contributed by atoms with Gasteiger partial charge in [-0.05, 0) is 30.3 Å². The first kappa shape index (κ1) is 23.8. The second-order valence-electron chi connectivity index (χ2n) is 7.82. The third-order valence-electron chi connectivity index (χ3n) is 5.54. The summed E-state index contributed by atoms with van der Waals surface area (Å²) < 4.78 is 66.0. The lowest BCUT2D eigenvalue weighted by Crippen LogP contribution is -2.37. The summed E-state index contributed by atoms with van der Waals surface area (Å²) in [4.78, 5) is 19.0. The monoisotopic (exact) mass is 514 g/mol. The quantitative estimate of drug-likeness (QED) is 0.414. The normalized spacial score (nSPS) is 14.1. The Bertz CT molecular complexity index is 1550. The molecule has 0 atom stereocenters. The molecule has 4 heterocycles. The molecule has 1 saturated heterocycles. The Labute approximate surface area is 205 Å². The van der Waals surface area contributed by atoms with Crippen molar-refractivity contribution in [2.45, 2.75) is 4.90 Å². The lowest BCUT2D eigenvalue weighted by Gasteiger charge is -2.28. The van der Waals surface area contributed by atoms with Gasteiger partial charge in [0.15, 0.2) is 5.82 Å². The summed E-state index contributed by atoms with van der Waals surface area (Å²) in [5.74, 6) is -1.49. The first-order valence-electron chi connectivity index (χ1n) is 10.8.